The number of hydrogen-bond acceptors (Lipinski definition) is 10. The van der Waals surface area contributed by atoms with Crippen molar-refractivity contribution in [1.29, 1.82) is 0 Å². The molecule has 2 aliphatic heterocycles. The van der Waals surface area contributed by atoms with Gasteiger partial charge in [0.25, 0.3) is 11.0 Å². The van der Waals surface area contributed by atoms with Gasteiger partial charge in [0.05, 0.1) is 6.54 Å². The second kappa shape index (κ2) is 13.3. The van der Waals surface area contributed by atoms with Crippen LogP contribution < -0.4 is 15.7 Å². The average molecular weight is 626 g/mol. The summed E-state index contributed by atoms with van der Waals surface area (Å²) in [7, 11) is 0. The lowest BCUT2D eigenvalue weighted by molar-refractivity contribution is -0.763. The van der Waals surface area contributed by atoms with E-state index in [4.69, 9.17) is 9.73 Å². The summed E-state index contributed by atoms with van der Waals surface area (Å²) in [5.74, 6) is 1.65. The van der Waals surface area contributed by atoms with Crippen molar-refractivity contribution in [3.8, 4) is 16.9 Å². The number of benzene rings is 3. The summed E-state index contributed by atoms with van der Waals surface area (Å²) >= 11 is 0. The molecule has 1 aliphatic carbocycles. The fourth-order valence-corrected chi connectivity index (χ4v) is 6.05. The Balaban J connectivity index is 1.12. The molecule has 2 amide bonds. The van der Waals surface area contributed by atoms with E-state index in [1.165, 1.54) is 6.07 Å². The lowest BCUT2D eigenvalue weighted by Gasteiger charge is -2.23. The lowest BCUT2D eigenvalue weighted by atomic mass is 9.97. The smallest absolute Gasteiger partial charge is 0.408 e. The van der Waals surface area contributed by atoms with Gasteiger partial charge in [-0.25, -0.2) is 4.79 Å². The molecule has 6 rings (SSSR count). The number of amides is 2. The molecule has 2 N–H and O–H groups in total. The summed E-state index contributed by atoms with van der Waals surface area (Å²) in [4.78, 5) is 48.1. The molecular formula is C33H35N7O6. The predicted octanol–water partition coefficient (Wildman–Crippen LogP) is 5.49. The monoisotopic (exact) mass is 625 g/mol. The minimum Gasteiger partial charge on any atom is -0.408 e. The quantitative estimate of drug-likeness (QED) is 0.210. The standard InChI is InChI=1S/C33H35N7O6/c1-2-3-13-29-34-33(18-6-7-19-33)31(41)38(29)21-23-14-16-25(17-15-23)27-11-4-5-12-28(27)30-35-37-39(36-30)32(42)46-26-10-8-9-24(20-26)22-45-40(43)44/h4-5,8-12,14-17,20,37H,2-3,6-7,13,18-19,21-22H2,1H3,(H,35,36). The molecule has 0 unspecified atom stereocenters. The third-order valence-corrected chi connectivity index (χ3v) is 8.37. The van der Waals surface area contributed by atoms with Crippen molar-refractivity contribution < 1.29 is 24.3 Å². The number of hydrazine groups is 2. The number of amidine groups is 2. The summed E-state index contributed by atoms with van der Waals surface area (Å²) in [6.07, 6.45) is 5.85. The van der Waals surface area contributed by atoms with Crippen LogP contribution in [-0.4, -0.2) is 44.3 Å². The van der Waals surface area contributed by atoms with Gasteiger partial charge in [0.15, 0.2) is 5.84 Å². The van der Waals surface area contributed by atoms with E-state index in [1.54, 1.807) is 18.2 Å². The molecule has 3 aromatic carbocycles. The molecule has 1 saturated carbocycles. The van der Waals surface area contributed by atoms with Gasteiger partial charge in [0.1, 0.15) is 23.7 Å². The highest BCUT2D eigenvalue weighted by Crippen LogP contribution is 2.40. The van der Waals surface area contributed by atoms with E-state index in [2.05, 4.69) is 27.8 Å². The molecule has 46 heavy (non-hydrogen) atoms. The zero-order chi connectivity index (χ0) is 32.1. The number of nitrogens with zero attached hydrogens (tertiary/aromatic N) is 5. The molecule has 238 valence electrons. The van der Waals surface area contributed by atoms with Crippen LogP contribution in [0.4, 0.5) is 4.79 Å². The fraction of sp³-hybridized carbons (Fsp3) is 0.333. The van der Waals surface area contributed by atoms with Crippen molar-refractivity contribution in [2.45, 2.75) is 70.6 Å². The molecule has 0 radical (unpaired) electrons. The molecule has 0 saturated heterocycles. The second-order valence-electron chi connectivity index (χ2n) is 11.5. The molecule has 0 bridgehead atoms. The zero-order valence-electron chi connectivity index (χ0n) is 25.5. The first-order valence-electron chi connectivity index (χ1n) is 15.4. The number of hydrogen-bond donors (Lipinski definition) is 2. The van der Waals surface area contributed by atoms with Crippen molar-refractivity contribution >= 4 is 23.7 Å². The van der Waals surface area contributed by atoms with Gasteiger partial charge in [0, 0.05) is 12.0 Å². The van der Waals surface area contributed by atoms with E-state index in [-0.39, 0.29) is 18.3 Å². The van der Waals surface area contributed by atoms with Gasteiger partial charge in [-0.2, -0.15) is 5.53 Å². The third kappa shape index (κ3) is 6.48. The van der Waals surface area contributed by atoms with Gasteiger partial charge >= 0.3 is 6.09 Å². The topological polar surface area (TPSA) is 151 Å². The van der Waals surface area contributed by atoms with Crippen LogP contribution in [0.15, 0.2) is 82.9 Å². The largest absolute Gasteiger partial charge is 0.455 e. The number of hydrazone groups is 1. The van der Waals surface area contributed by atoms with Gasteiger partial charge in [-0.1, -0.05) is 86.8 Å². The van der Waals surface area contributed by atoms with E-state index in [9.17, 15) is 19.7 Å². The van der Waals surface area contributed by atoms with E-state index in [1.807, 2.05) is 53.4 Å². The lowest BCUT2D eigenvalue weighted by Crippen LogP contribution is -2.47. The van der Waals surface area contributed by atoms with Crippen LogP contribution in [0.25, 0.3) is 11.1 Å². The molecule has 13 heteroatoms. The maximum absolute atomic E-state index is 13.5. The zero-order valence-corrected chi connectivity index (χ0v) is 25.5. The normalized spacial score (nSPS) is 16.6. The maximum Gasteiger partial charge on any atom is 0.455 e. The Kier molecular flexibility index (Phi) is 8.81. The molecule has 3 aromatic rings. The minimum absolute atomic E-state index is 0.142. The molecule has 0 atom stereocenters. The summed E-state index contributed by atoms with van der Waals surface area (Å²) in [6, 6.07) is 22.0. The van der Waals surface area contributed by atoms with Crippen molar-refractivity contribution in [1.82, 2.24) is 21.0 Å². The number of ether oxygens (including phenoxy) is 1. The van der Waals surface area contributed by atoms with E-state index < -0.39 is 16.7 Å². The second-order valence-corrected chi connectivity index (χ2v) is 11.5. The Morgan fingerprint density at radius 3 is 2.52 bits per heavy atom. The van der Waals surface area contributed by atoms with Crippen molar-refractivity contribution in [2.75, 3.05) is 0 Å². The Labute approximate surface area is 265 Å². The highest BCUT2D eigenvalue weighted by Gasteiger charge is 2.49. The van der Waals surface area contributed by atoms with Crippen LogP contribution in [0.5, 0.6) is 5.75 Å². The number of carbonyl (C=O) groups is 2. The van der Waals surface area contributed by atoms with Gasteiger partial charge < -0.3 is 9.57 Å². The molecule has 3 aliphatic rings. The maximum atomic E-state index is 13.5. The van der Waals surface area contributed by atoms with Gasteiger partial charge in [-0.3, -0.25) is 20.1 Å². The van der Waals surface area contributed by atoms with E-state index in [0.29, 0.717) is 17.9 Å². The van der Waals surface area contributed by atoms with Gasteiger partial charge in [-0.05, 0) is 53.6 Å². The first-order chi connectivity index (χ1) is 22.3. The summed E-state index contributed by atoms with van der Waals surface area (Å²) in [6.45, 7) is 2.37. The molecular weight excluding hydrogens is 590 g/mol. The fourth-order valence-electron chi connectivity index (χ4n) is 6.05. The summed E-state index contributed by atoms with van der Waals surface area (Å²) < 4.78 is 5.41. The Bertz CT molecular complexity index is 1680. The van der Waals surface area contributed by atoms with Crippen molar-refractivity contribution in [3.05, 3.63) is 99.6 Å². The van der Waals surface area contributed by atoms with Crippen LogP contribution in [-0.2, 0) is 22.8 Å². The van der Waals surface area contributed by atoms with E-state index >= 15 is 0 Å². The number of carbonyl (C=O) groups excluding carboxylic acids is 2. The van der Waals surface area contributed by atoms with Crippen molar-refractivity contribution in [2.24, 2.45) is 10.1 Å². The van der Waals surface area contributed by atoms with Crippen LogP contribution in [0.3, 0.4) is 0 Å². The Morgan fingerprint density at radius 2 is 1.78 bits per heavy atom. The summed E-state index contributed by atoms with van der Waals surface area (Å²) in [5.41, 5.74) is 9.08. The number of nitrogens with one attached hydrogen (secondary N) is 2. The molecule has 13 nitrogen and oxygen atoms in total. The molecule has 0 aromatic heterocycles. The van der Waals surface area contributed by atoms with Crippen LogP contribution in [0.2, 0.25) is 0 Å². The highest BCUT2D eigenvalue weighted by molar-refractivity contribution is 6.08. The molecule has 1 fully saturated rings. The van der Waals surface area contributed by atoms with Crippen LogP contribution in [0.1, 0.15) is 68.6 Å². The molecule has 1 spiro atoms. The van der Waals surface area contributed by atoms with Gasteiger partial charge in [0.2, 0.25) is 0 Å². The first-order valence-corrected chi connectivity index (χ1v) is 15.4. The SMILES string of the molecule is CCCCC1=NC2(CCCC2)C(=O)N1Cc1ccc(-c2ccccc2C2=NNN(C(=O)Oc3cccc(CO[N+](=O)[O-])c3)N2)cc1. The Morgan fingerprint density at radius 1 is 1.02 bits per heavy atom. The third-order valence-electron chi connectivity index (χ3n) is 8.37. The number of aliphatic imine (C=N–C) groups is 1. The van der Waals surface area contributed by atoms with Gasteiger partial charge in [-0.15, -0.1) is 20.3 Å². The predicted molar refractivity (Wildman–Crippen MR) is 169 cm³/mol. The Hall–Kier alpha value is -5.46. The van der Waals surface area contributed by atoms with Crippen LogP contribution in [0, 0.1) is 10.1 Å². The number of rotatable bonds is 11. The summed E-state index contributed by atoms with van der Waals surface area (Å²) in [5, 5.41) is 14.9. The first kappa shape index (κ1) is 30.6. The minimum atomic E-state index is -0.886. The highest BCUT2D eigenvalue weighted by atomic mass is 16.9. The number of unbranched alkanes of at least 4 members (excludes halogenated alkanes) is 1. The van der Waals surface area contributed by atoms with E-state index in [0.717, 1.165) is 78.2 Å². The van der Waals surface area contributed by atoms with Crippen LogP contribution >= 0.6 is 0 Å². The molecule has 2 heterocycles. The van der Waals surface area contributed by atoms with Crippen molar-refractivity contribution in [3.63, 3.8) is 0 Å². The average Bonchev–Trinajstić information content (AvgIpc) is 3.81.